The van der Waals surface area contributed by atoms with Gasteiger partial charge in [-0.1, -0.05) is 48.0 Å². The smallest absolute Gasteiger partial charge is 0.330 e. The molecule has 2 aromatic heterocycles. The highest BCUT2D eigenvalue weighted by atomic mass is 16.2. The SMILES string of the molecule is Nc1c(N(CCC2=CCCCC2)C(=O)/C=C/c2cccnc2)c(=O)[nH]c(=O)n1Cc1ccccc1. The number of carbonyl (C=O) groups is 1. The van der Waals surface area contributed by atoms with Crippen LogP contribution >= 0.6 is 0 Å². The van der Waals surface area contributed by atoms with Crippen LogP contribution < -0.4 is 21.9 Å². The van der Waals surface area contributed by atoms with Gasteiger partial charge in [0, 0.05) is 25.0 Å². The molecule has 8 nitrogen and oxygen atoms in total. The van der Waals surface area contributed by atoms with Crippen molar-refractivity contribution < 1.29 is 4.79 Å². The number of allylic oxidation sites excluding steroid dienone is 1. The minimum absolute atomic E-state index is 0.0159. The fourth-order valence-corrected chi connectivity index (χ4v) is 4.21. The molecule has 8 heteroatoms. The maximum atomic E-state index is 13.4. The molecule has 0 aliphatic heterocycles. The second-order valence-corrected chi connectivity index (χ2v) is 8.53. The molecule has 0 saturated carbocycles. The van der Waals surface area contributed by atoms with Gasteiger partial charge in [0.1, 0.15) is 5.82 Å². The maximum Gasteiger partial charge on any atom is 0.330 e. The van der Waals surface area contributed by atoms with Crippen LogP contribution in [0.2, 0.25) is 0 Å². The number of aromatic amines is 1. The molecule has 3 N–H and O–H groups in total. The predicted molar refractivity (Wildman–Crippen MR) is 138 cm³/mol. The van der Waals surface area contributed by atoms with Gasteiger partial charge >= 0.3 is 5.69 Å². The number of rotatable bonds is 8. The first kappa shape index (κ1) is 23.9. The van der Waals surface area contributed by atoms with E-state index >= 15 is 0 Å². The number of anilines is 2. The summed E-state index contributed by atoms with van der Waals surface area (Å²) in [5.41, 5.74) is 7.94. The summed E-state index contributed by atoms with van der Waals surface area (Å²) in [5, 5.41) is 0. The van der Waals surface area contributed by atoms with Crippen molar-refractivity contribution in [2.24, 2.45) is 0 Å². The maximum absolute atomic E-state index is 13.4. The number of hydrogen-bond donors (Lipinski definition) is 2. The molecular weight excluding hydrogens is 442 g/mol. The molecule has 3 aromatic rings. The van der Waals surface area contributed by atoms with Gasteiger partial charge < -0.3 is 10.6 Å². The van der Waals surface area contributed by atoms with Crippen LogP contribution in [0.3, 0.4) is 0 Å². The number of hydrogen-bond acceptors (Lipinski definition) is 5. The lowest BCUT2D eigenvalue weighted by molar-refractivity contribution is -0.114. The molecule has 180 valence electrons. The largest absolute Gasteiger partial charge is 0.383 e. The Kier molecular flexibility index (Phi) is 7.72. The first-order valence-corrected chi connectivity index (χ1v) is 11.8. The second kappa shape index (κ2) is 11.3. The number of nitrogens with one attached hydrogen (secondary N) is 1. The molecule has 0 unspecified atom stereocenters. The monoisotopic (exact) mass is 471 g/mol. The molecule has 0 spiro atoms. The van der Waals surface area contributed by atoms with Gasteiger partial charge in [0.25, 0.3) is 11.5 Å². The first-order chi connectivity index (χ1) is 17.0. The first-order valence-electron chi connectivity index (χ1n) is 11.8. The van der Waals surface area contributed by atoms with Gasteiger partial charge in [-0.25, -0.2) is 4.79 Å². The summed E-state index contributed by atoms with van der Waals surface area (Å²) in [4.78, 5) is 46.7. The zero-order valence-electron chi connectivity index (χ0n) is 19.5. The Morgan fingerprint density at radius 3 is 2.69 bits per heavy atom. The summed E-state index contributed by atoms with van der Waals surface area (Å²) in [7, 11) is 0. The Hall–Kier alpha value is -4.20. The molecule has 0 bridgehead atoms. The summed E-state index contributed by atoms with van der Waals surface area (Å²) in [5.74, 6) is -0.435. The average molecular weight is 472 g/mol. The Balaban J connectivity index is 1.71. The Labute approximate surface area is 203 Å². The van der Waals surface area contributed by atoms with Crippen molar-refractivity contribution >= 4 is 23.5 Å². The highest BCUT2D eigenvalue weighted by Gasteiger charge is 2.23. The Bertz CT molecular complexity index is 1340. The van der Waals surface area contributed by atoms with Gasteiger partial charge in [-0.2, -0.15) is 0 Å². The van der Waals surface area contributed by atoms with Crippen molar-refractivity contribution in [2.75, 3.05) is 17.2 Å². The Morgan fingerprint density at radius 1 is 1.14 bits per heavy atom. The van der Waals surface area contributed by atoms with Crippen LogP contribution in [-0.4, -0.2) is 27.0 Å². The lowest BCUT2D eigenvalue weighted by Gasteiger charge is -2.24. The van der Waals surface area contributed by atoms with E-state index in [0.717, 1.165) is 36.8 Å². The summed E-state index contributed by atoms with van der Waals surface area (Å²) in [6.45, 7) is 0.451. The van der Waals surface area contributed by atoms with Crippen LogP contribution in [0.4, 0.5) is 11.5 Å². The zero-order valence-corrected chi connectivity index (χ0v) is 19.5. The highest BCUT2D eigenvalue weighted by molar-refractivity contribution is 6.05. The zero-order chi connectivity index (χ0) is 24.6. The van der Waals surface area contributed by atoms with Crippen molar-refractivity contribution in [2.45, 2.75) is 38.6 Å². The predicted octanol–water partition coefficient (Wildman–Crippen LogP) is 3.50. The van der Waals surface area contributed by atoms with Crippen LogP contribution in [0.15, 0.2) is 82.2 Å². The van der Waals surface area contributed by atoms with Gasteiger partial charge in [-0.15, -0.1) is 0 Å². The molecule has 1 aliphatic rings. The van der Waals surface area contributed by atoms with Crippen molar-refractivity contribution in [3.63, 3.8) is 0 Å². The molecule has 1 aromatic carbocycles. The number of amides is 1. The van der Waals surface area contributed by atoms with Gasteiger partial charge in [0.15, 0.2) is 5.69 Å². The summed E-state index contributed by atoms with van der Waals surface area (Å²) >= 11 is 0. The van der Waals surface area contributed by atoms with Gasteiger partial charge in [0.05, 0.1) is 6.54 Å². The molecule has 2 heterocycles. The minimum atomic E-state index is -0.683. The van der Waals surface area contributed by atoms with Crippen LogP contribution in [0, 0.1) is 0 Å². The normalized spacial score (nSPS) is 13.5. The quantitative estimate of drug-likeness (QED) is 0.386. The van der Waals surface area contributed by atoms with Crippen LogP contribution in [0.5, 0.6) is 0 Å². The van der Waals surface area contributed by atoms with E-state index in [9.17, 15) is 14.4 Å². The van der Waals surface area contributed by atoms with Crippen LogP contribution in [0.1, 0.15) is 43.2 Å². The van der Waals surface area contributed by atoms with E-state index in [1.165, 1.54) is 21.1 Å². The molecule has 1 aliphatic carbocycles. The number of carbonyl (C=O) groups excluding carboxylic acids is 1. The minimum Gasteiger partial charge on any atom is -0.383 e. The third-order valence-corrected chi connectivity index (χ3v) is 6.08. The van der Waals surface area contributed by atoms with Crippen LogP contribution in [-0.2, 0) is 11.3 Å². The van der Waals surface area contributed by atoms with E-state index in [4.69, 9.17) is 5.73 Å². The van der Waals surface area contributed by atoms with Crippen molar-refractivity contribution in [3.8, 4) is 0 Å². The lowest BCUT2D eigenvalue weighted by Crippen LogP contribution is -2.41. The number of H-pyrrole nitrogens is 1. The standard InChI is InChI=1S/C27H29N5O3/c28-25-24(26(34)30-27(35)32(25)19-22-10-5-2-6-11-22)31(17-15-20-8-3-1-4-9-20)23(33)14-13-21-12-7-16-29-18-21/h2,5-8,10-14,16,18H,1,3-4,9,15,17,19,28H2,(H,30,34,35)/b14-13+. The molecule has 4 rings (SSSR count). The van der Waals surface area contributed by atoms with E-state index in [-0.39, 0.29) is 24.6 Å². The molecule has 35 heavy (non-hydrogen) atoms. The number of nitrogen functional groups attached to an aromatic ring is 1. The van der Waals surface area contributed by atoms with Crippen molar-refractivity contribution in [1.29, 1.82) is 0 Å². The van der Waals surface area contributed by atoms with Gasteiger partial charge in [0.2, 0.25) is 0 Å². The van der Waals surface area contributed by atoms with E-state index in [2.05, 4.69) is 16.0 Å². The number of benzene rings is 1. The summed E-state index contributed by atoms with van der Waals surface area (Å²) in [6, 6.07) is 12.9. The van der Waals surface area contributed by atoms with Crippen molar-refractivity contribution in [3.05, 3.63) is 105 Å². The Morgan fingerprint density at radius 2 is 1.97 bits per heavy atom. The average Bonchev–Trinajstić information content (AvgIpc) is 2.88. The van der Waals surface area contributed by atoms with Crippen LogP contribution in [0.25, 0.3) is 6.08 Å². The topological polar surface area (TPSA) is 114 Å². The van der Waals surface area contributed by atoms with Crippen molar-refractivity contribution in [1.82, 2.24) is 14.5 Å². The van der Waals surface area contributed by atoms with Gasteiger partial charge in [-0.3, -0.25) is 24.1 Å². The van der Waals surface area contributed by atoms with Gasteiger partial charge in [-0.05, 0) is 55.4 Å². The molecule has 0 atom stereocenters. The van der Waals surface area contributed by atoms with E-state index < -0.39 is 17.2 Å². The number of nitrogens with two attached hydrogens (primary N) is 1. The third kappa shape index (κ3) is 6.03. The third-order valence-electron chi connectivity index (χ3n) is 6.08. The fraction of sp³-hybridized carbons (Fsp3) is 0.259. The van der Waals surface area contributed by atoms with E-state index in [1.807, 2.05) is 36.4 Å². The van der Waals surface area contributed by atoms with E-state index in [1.54, 1.807) is 24.5 Å². The molecule has 0 fully saturated rings. The summed E-state index contributed by atoms with van der Waals surface area (Å²) < 4.78 is 1.29. The molecule has 1 amide bonds. The fourth-order valence-electron chi connectivity index (χ4n) is 4.21. The molecular formula is C27H29N5O3. The molecule has 0 radical (unpaired) electrons. The number of nitrogens with zero attached hydrogens (tertiary/aromatic N) is 3. The second-order valence-electron chi connectivity index (χ2n) is 8.53. The number of aromatic nitrogens is 3. The lowest BCUT2D eigenvalue weighted by atomic mass is 9.97. The highest BCUT2D eigenvalue weighted by Crippen LogP contribution is 2.24. The molecule has 0 saturated heterocycles. The number of pyridine rings is 1. The summed E-state index contributed by atoms with van der Waals surface area (Å²) in [6.07, 6.45) is 13.5. The van der Waals surface area contributed by atoms with E-state index in [0.29, 0.717) is 6.42 Å².